The van der Waals surface area contributed by atoms with Gasteiger partial charge in [0.25, 0.3) is 0 Å². The Balaban J connectivity index is 1.68. The topological polar surface area (TPSA) is 60.0 Å². The number of nitrogens with two attached hydrogens (primary N) is 1. The fourth-order valence-electron chi connectivity index (χ4n) is 3.45. The Morgan fingerprint density at radius 2 is 1.85 bits per heavy atom. The third kappa shape index (κ3) is 3.71. The van der Waals surface area contributed by atoms with E-state index in [1.54, 1.807) is 12.3 Å². The van der Waals surface area contributed by atoms with E-state index < -0.39 is 0 Å². The number of aryl methyl sites for hydroxylation is 1. The lowest BCUT2D eigenvalue weighted by molar-refractivity contribution is -0.704. The standard InChI is InChI=1S/C23H21NO3/c1-2-16-10-11-19-18(14-22(25)27-21(19)13-16)15-24-23(20-9-6-12-26-20)17-7-4-3-5-8-17/h3-14,23-24H,2,15H2,1H3/p+1/t23-/m1/s1. The van der Waals surface area contributed by atoms with Crippen molar-refractivity contribution in [1.82, 2.24) is 0 Å². The molecule has 0 saturated carbocycles. The van der Waals surface area contributed by atoms with Crippen LogP contribution < -0.4 is 10.9 Å². The smallest absolute Gasteiger partial charge is 0.336 e. The Bertz CT molecular complexity index is 1080. The first kappa shape index (κ1) is 17.3. The minimum Gasteiger partial charge on any atom is -0.463 e. The highest BCUT2D eigenvalue weighted by molar-refractivity contribution is 5.80. The van der Waals surface area contributed by atoms with E-state index in [0.717, 1.165) is 34.3 Å². The van der Waals surface area contributed by atoms with E-state index in [4.69, 9.17) is 8.83 Å². The second kappa shape index (κ2) is 7.64. The lowest BCUT2D eigenvalue weighted by Crippen LogP contribution is -2.83. The molecular formula is C23H22NO3+. The average molecular weight is 360 g/mol. The highest BCUT2D eigenvalue weighted by Gasteiger charge is 2.21. The molecule has 2 aromatic carbocycles. The highest BCUT2D eigenvalue weighted by atomic mass is 16.4. The predicted octanol–water partition coefficient (Wildman–Crippen LogP) is 3.80. The van der Waals surface area contributed by atoms with Crippen molar-refractivity contribution in [1.29, 1.82) is 0 Å². The molecule has 0 amide bonds. The molecule has 2 N–H and O–H groups in total. The number of hydrogen-bond donors (Lipinski definition) is 1. The highest BCUT2D eigenvalue weighted by Crippen LogP contribution is 2.21. The van der Waals surface area contributed by atoms with Crippen LogP contribution in [0.15, 0.2) is 86.6 Å². The maximum Gasteiger partial charge on any atom is 0.336 e. The van der Waals surface area contributed by atoms with Crippen molar-refractivity contribution >= 4 is 11.0 Å². The van der Waals surface area contributed by atoms with E-state index >= 15 is 0 Å². The van der Waals surface area contributed by atoms with Gasteiger partial charge in [0.1, 0.15) is 12.1 Å². The zero-order chi connectivity index (χ0) is 18.6. The summed E-state index contributed by atoms with van der Waals surface area (Å²) in [5, 5.41) is 3.17. The molecule has 4 nitrogen and oxygen atoms in total. The maximum atomic E-state index is 12.0. The van der Waals surface area contributed by atoms with Crippen molar-refractivity contribution in [3.8, 4) is 0 Å². The van der Waals surface area contributed by atoms with Crippen molar-refractivity contribution in [2.24, 2.45) is 0 Å². The number of furan rings is 1. The summed E-state index contributed by atoms with van der Waals surface area (Å²) < 4.78 is 11.1. The molecule has 0 bridgehead atoms. The fraction of sp³-hybridized carbons (Fsp3) is 0.174. The molecule has 4 heteroatoms. The van der Waals surface area contributed by atoms with Crippen LogP contribution in [0.5, 0.6) is 0 Å². The Kier molecular flexibility index (Phi) is 4.90. The molecule has 2 heterocycles. The van der Waals surface area contributed by atoms with Gasteiger partial charge in [-0.15, -0.1) is 0 Å². The minimum atomic E-state index is -0.312. The molecule has 0 fully saturated rings. The van der Waals surface area contributed by atoms with Crippen LogP contribution >= 0.6 is 0 Å². The van der Waals surface area contributed by atoms with Crippen molar-refractivity contribution < 1.29 is 14.2 Å². The van der Waals surface area contributed by atoms with Gasteiger partial charge in [-0.05, 0) is 30.2 Å². The molecule has 2 aromatic heterocycles. The molecule has 0 radical (unpaired) electrons. The summed E-state index contributed by atoms with van der Waals surface area (Å²) in [4.78, 5) is 12.0. The molecule has 0 spiro atoms. The van der Waals surface area contributed by atoms with E-state index in [0.29, 0.717) is 12.1 Å². The summed E-state index contributed by atoms with van der Waals surface area (Å²) in [7, 11) is 0. The van der Waals surface area contributed by atoms with E-state index in [2.05, 4.69) is 30.4 Å². The third-order valence-electron chi connectivity index (χ3n) is 4.88. The van der Waals surface area contributed by atoms with Gasteiger partial charge in [0.05, 0.1) is 6.26 Å². The lowest BCUT2D eigenvalue weighted by Gasteiger charge is -2.14. The van der Waals surface area contributed by atoms with Crippen molar-refractivity contribution in [2.45, 2.75) is 25.9 Å². The lowest BCUT2D eigenvalue weighted by atomic mass is 10.0. The second-order valence-corrected chi connectivity index (χ2v) is 6.62. The summed E-state index contributed by atoms with van der Waals surface area (Å²) >= 11 is 0. The molecule has 27 heavy (non-hydrogen) atoms. The monoisotopic (exact) mass is 360 g/mol. The molecule has 0 aliphatic heterocycles. The van der Waals surface area contributed by atoms with Crippen LogP contribution in [0, 0.1) is 0 Å². The molecular weight excluding hydrogens is 338 g/mol. The van der Waals surface area contributed by atoms with Gasteiger partial charge < -0.3 is 14.2 Å². The molecule has 0 unspecified atom stereocenters. The van der Waals surface area contributed by atoms with Crippen LogP contribution in [-0.4, -0.2) is 0 Å². The van der Waals surface area contributed by atoms with Gasteiger partial charge in [-0.25, -0.2) is 4.79 Å². The van der Waals surface area contributed by atoms with Crippen molar-refractivity contribution in [3.05, 3.63) is 106 Å². The number of hydrogen-bond acceptors (Lipinski definition) is 3. The fourth-order valence-corrected chi connectivity index (χ4v) is 3.45. The van der Waals surface area contributed by atoms with E-state index in [9.17, 15) is 4.79 Å². The molecule has 0 aliphatic rings. The van der Waals surface area contributed by atoms with Gasteiger partial charge in [0.2, 0.25) is 0 Å². The summed E-state index contributed by atoms with van der Waals surface area (Å²) in [6.45, 7) is 2.73. The first-order valence-corrected chi connectivity index (χ1v) is 9.22. The third-order valence-corrected chi connectivity index (χ3v) is 4.88. The first-order valence-electron chi connectivity index (χ1n) is 9.22. The molecule has 136 valence electrons. The van der Waals surface area contributed by atoms with Crippen LogP contribution in [0.25, 0.3) is 11.0 Å². The molecule has 4 aromatic rings. The van der Waals surface area contributed by atoms with Crippen LogP contribution in [0.3, 0.4) is 0 Å². The normalized spacial score (nSPS) is 12.3. The zero-order valence-corrected chi connectivity index (χ0v) is 15.2. The first-order chi connectivity index (χ1) is 13.2. The van der Waals surface area contributed by atoms with Crippen molar-refractivity contribution in [3.63, 3.8) is 0 Å². The van der Waals surface area contributed by atoms with Gasteiger partial charge in [-0.1, -0.05) is 49.4 Å². The quantitative estimate of drug-likeness (QED) is 0.532. The summed E-state index contributed by atoms with van der Waals surface area (Å²) in [5.41, 5.74) is 3.63. The van der Waals surface area contributed by atoms with Gasteiger partial charge in [-0.2, -0.15) is 0 Å². The van der Waals surface area contributed by atoms with E-state index in [-0.39, 0.29) is 11.7 Å². The zero-order valence-electron chi connectivity index (χ0n) is 15.2. The van der Waals surface area contributed by atoms with Crippen LogP contribution in [0.1, 0.15) is 35.4 Å². The molecule has 4 rings (SSSR count). The second-order valence-electron chi connectivity index (χ2n) is 6.62. The van der Waals surface area contributed by atoms with Gasteiger partial charge in [-0.3, -0.25) is 0 Å². The molecule has 0 aliphatic carbocycles. The van der Waals surface area contributed by atoms with Crippen LogP contribution in [0.4, 0.5) is 0 Å². The van der Waals surface area contributed by atoms with Crippen molar-refractivity contribution in [2.75, 3.05) is 0 Å². The number of benzene rings is 2. The molecule has 1 atom stereocenters. The number of quaternary nitrogens is 1. The SMILES string of the molecule is CCc1ccc2c(C[NH2+][C@H](c3ccccc3)c3ccco3)cc(=O)oc2c1. The Morgan fingerprint density at radius 3 is 2.59 bits per heavy atom. The Labute approximate surface area is 157 Å². The Morgan fingerprint density at radius 1 is 1.00 bits per heavy atom. The van der Waals surface area contributed by atoms with E-state index in [1.165, 1.54) is 0 Å². The molecule has 0 saturated heterocycles. The number of fused-ring (bicyclic) bond motifs is 1. The predicted molar refractivity (Wildman–Crippen MR) is 104 cm³/mol. The van der Waals surface area contributed by atoms with Crippen LogP contribution in [-0.2, 0) is 13.0 Å². The minimum absolute atomic E-state index is 0.0263. The van der Waals surface area contributed by atoms with Gasteiger partial charge in [0, 0.05) is 22.6 Å². The van der Waals surface area contributed by atoms with Crippen LogP contribution in [0.2, 0.25) is 0 Å². The summed E-state index contributed by atoms with van der Waals surface area (Å²) in [5.74, 6) is 0.891. The summed E-state index contributed by atoms with van der Waals surface area (Å²) in [6, 6.07) is 21.8. The average Bonchev–Trinajstić information content (AvgIpc) is 3.22. The Hall–Kier alpha value is -3.11. The summed E-state index contributed by atoms with van der Waals surface area (Å²) in [6.07, 6.45) is 2.60. The largest absolute Gasteiger partial charge is 0.463 e. The van der Waals surface area contributed by atoms with E-state index in [1.807, 2.05) is 42.5 Å². The van der Waals surface area contributed by atoms with Gasteiger partial charge >= 0.3 is 5.63 Å². The number of rotatable bonds is 6. The van der Waals surface area contributed by atoms with Gasteiger partial charge in [0.15, 0.2) is 11.8 Å². The maximum absolute atomic E-state index is 12.0.